The lowest BCUT2D eigenvalue weighted by molar-refractivity contribution is -0.153. The predicted molar refractivity (Wildman–Crippen MR) is 115 cm³/mol. The highest BCUT2D eigenvalue weighted by Gasteiger charge is 2.68. The lowest BCUT2D eigenvalue weighted by atomic mass is 9.45. The predicted octanol–water partition coefficient (Wildman–Crippen LogP) is 4.52. The lowest BCUT2D eigenvalue weighted by Gasteiger charge is -2.60. The molecule has 3 fully saturated rings. The van der Waals surface area contributed by atoms with Crippen LogP contribution in [0.25, 0.3) is 0 Å². The summed E-state index contributed by atoms with van der Waals surface area (Å²) in [7, 11) is 0. The van der Waals surface area contributed by atoms with E-state index in [-0.39, 0.29) is 27.9 Å². The molecule has 0 saturated heterocycles. The molecule has 0 heterocycles. The molecule has 148 valence electrons. The van der Waals surface area contributed by atoms with Crippen LogP contribution in [0.15, 0.2) is 23.8 Å². The van der Waals surface area contributed by atoms with E-state index in [2.05, 4.69) is 56.4 Å². The molecule has 4 aliphatic rings. The molecule has 0 aromatic carbocycles. The van der Waals surface area contributed by atoms with Crippen LogP contribution in [0.3, 0.4) is 0 Å². The van der Waals surface area contributed by atoms with E-state index in [1.807, 2.05) is 0 Å². The van der Waals surface area contributed by atoms with Crippen molar-refractivity contribution in [2.45, 2.75) is 59.5 Å². The summed E-state index contributed by atoms with van der Waals surface area (Å²) in [4.78, 5) is 25.0. The molecule has 0 aromatic heterocycles. The van der Waals surface area contributed by atoms with Crippen LogP contribution in [-0.4, -0.2) is 27.2 Å². The van der Waals surface area contributed by atoms with Crippen molar-refractivity contribution in [2.24, 2.45) is 39.9 Å². The molecule has 8 atom stereocenters. The van der Waals surface area contributed by atoms with Gasteiger partial charge in [-0.2, -0.15) is 0 Å². The third-order valence-corrected chi connectivity index (χ3v) is 10.1. The number of alkyl halides is 1. The molecule has 1 N–H and O–H groups in total. The number of hydrogen-bond donors (Lipinski definition) is 1. The minimum absolute atomic E-state index is 0.0748. The Bertz CT molecular complexity index is 755. The van der Waals surface area contributed by atoms with Crippen LogP contribution in [0.1, 0.15) is 53.4 Å². The molecule has 27 heavy (non-hydrogen) atoms. The zero-order chi connectivity index (χ0) is 19.8. The zero-order valence-corrected chi connectivity index (χ0v) is 19.0. The molecule has 0 spiro atoms. The molecule has 0 aromatic rings. The normalized spacial score (nSPS) is 51.3. The highest BCUT2D eigenvalue weighted by Crippen LogP contribution is 2.71. The molecule has 0 bridgehead atoms. The Hall–Kier alpha value is -0.490. The minimum Gasteiger partial charge on any atom is -0.393 e. The van der Waals surface area contributed by atoms with Crippen LogP contribution < -0.4 is 0 Å². The average molecular weight is 482 g/mol. The van der Waals surface area contributed by atoms with Gasteiger partial charge in [0, 0.05) is 16.7 Å². The molecule has 0 radical (unpaired) electrons. The maximum Gasteiger partial charge on any atom is 0.178 e. The van der Waals surface area contributed by atoms with Crippen LogP contribution in [0.5, 0.6) is 0 Å². The van der Waals surface area contributed by atoms with Crippen molar-refractivity contribution in [3.63, 3.8) is 0 Å². The fourth-order valence-electron chi connectivity index (χ4n) is 7.62. The van der Waals surface area contributed by atoms with E-state index >= 15 is 0 Å². The topological polar surface area (TPSA) is 54.4 Å². The third kappa shape index (κ3) is 2.41. The Balaban J connectivity index is 1.78. The van der Waals surface area contributed by atoms with Gasteiger partial charge < -0.3 is 5.11 Å². The van der Waals surface area contributed by atoms with Gasteiger partial charge in [-0.25, -0.2) is 0 Å². The number of carbonyl (C=O) groups is 2. The van der Waals surface area contributed by atoms with Crippen LogP contribution in [0.2, 0.25) is 0 Å². The second-order valence-corrected chi connectivity index (χ2v) is 10.9. The molecule has 3 saturated carbocycles. The van der Waals surface area contributed by atoms with Crippen molar-refractivity contribution in [2.75, 3.05) is 4.43 Å². The molecule has 2 unspecified atom stereocenters. The van der Waals surface area contributed by atoms with Crippen molar-refractivity contribution >= 4 is 34.2 Å². The lowest BCUT2D eigenvalue weighted by Crippen LogP contribution is -2.58. The first kappa shape index (κ1) is 19.8. The number of ketones is 2. The maximum atomic E-state index is 13.1. The number of hydrogen-bond acceptors (Lipinski definition) is 3. The summed E-state index contributed by atoms with van der Waals surface area (Å²) in [5, 5.41) is 11.4. The number of allylic oxidation sites excluding steroid dienone is 4. The van der Waals surface area contributed by atoms with Crippen LogP contribution in [0, 0.1) is 39.9 Å². The molecule has 3 nitrogen and oxygen atoms in total. The smallest absolute Gasteiger partial charge is 0.178 e. The van der Waals surface area contributed by atoms with E-state index in [9.17, 15) is 14.7 Å². The van der Waals surface area contributed by atoms with Crippen molar-refractivity contribution < 1.29 is 14.7 Å². The van der Waals surface area contributed by atoms with E-state index in [0.717, 1.165) is 19.3 Å². The van der Waals surface area contributed by atoms with Gasteiger partial charge in [0.2, 0.25) is 0 Å². The number of carbonyl (C=O) groups excluding carboxylic acids is 2. The summed E-state index contributed by atoms with van der Waals surface area (Å²) >= 11 is 2.20. The summed E-state index contributed by atoms with van der Waals surface area (Å²) in [6.45, 7) is 8.89. The van der Waals surface area contributed by atoms with Crippen LogP contribution >= 0.6 is 22.6 Å². The van der Waals surface area contributed by atoms with Crippen molar-refractivity contribution in [1.29, 1.82) is 0 Å². The number of aliphatic hydroxyl groups excluding tert-OH is 1. The molecular weight excluding hydrogens is 451 g/mol. The molecule has 4 heteroatoms. The van der Waals surface area contributed by atoms with Gasteiger partial charge in [0.05, 0.1) is 10.5 Å². The van der Waals surface area contributed by atoms with Crippen molar-refractivity contribution in [1.82, 2.24) is 0 Å². The van der Waals surface area contributed by atoms with Gasteiger partial charge in [-0.1, -0.05) is 61.9 Å². The summed E-state index contributed by atoms with van der Waals surface area (Å²) in [6, 6.07) is 0. The number of fused-ring (bicyclic) bond motifs is 5. The van der Waals surface area contributed by atoms with Gasteiger partial charge in [0.25, 0.3) is 0 Å². The number of aliphatic hydroxyl groups is 1. The van der Waals surface area contributed by atoms with Crippen LogP contribution in [0.4, 0.5) is 0 Å². The first-order chi connectivity index (χ1) is 12.6. The summed E-state index contributed by atoms with van der Waals surface area (Å²) in [5.74, 6) is 1.77. The van der Waals surface area contributed by atoms with E-state index in [4.69, 9.17) is 0 Å². The summed E-state index contributed by atoms with van der Waals surface area (Å²) < 4.78 is 0.542. The number of rotatable bonds is 2. The fraction of sp³-hybridized carbons (Fsp3) is 0.739. The molecule has 0 aliphatic heterocycles. The Morgan fingerprint density at radius 2 is 2.04 bits per heavy atom. The second kappa shape index (κ2) is 6.25. The molecule has 4 rings (SSSR count). The fourth-order valence-corrected chi connectivity index (χ4v) is 8.41. The van der Waals surface area contributed by atoms with E-state index < -0.39 is 6.10 Å². The number of halogens is 1. The quantitative estimate of drug-likeness (QED) is 0.465. The Labute approximate surface area is 176 Å². The Morgan fingerprint density at radius 1 is 1.33 bits per heavy atom. The van der Waals surface area contributed by atoms with E-state index in [1.54, 1.807) is 12.2 Å². The standard InChI is InChI=1S/C23H31IO3/c1-13-9-17-16-6-5-14-10-15(25)7-8-21(14,2)20(16)18(26)11-22(17,3)23(13,4)19(27)12-24/h7-8,10,13,16-18,20,26H,5-6,9,11-12H2,1-4H3/t13?,16-,17-,18?,20+,21-,22-,23+/m0/s1. The SMILES string of the molecule is CC1C[C@H]2[C@@H]3CCC4=CC(=O)C=C[C@]4(C)[C@H]3C(O)C[C@]2(C)[C@@]1(C)C(=O)CI. The van der Waals surface area contributed by atoms with Crippen LogP contribution in [-0.2, 0) is 9.59 Å². The van der Waals surface area contributed by atoms with Gasteiger partial charge in [0.15, 0.2) is 5.78 Å². The zero-order valence-electron chi connectivity index (χ0n) is 16.8. The first-order valence-corrected chi connectivity index (χ1v) is 11.8. The first-order valence-electron chi connectivity index (χ1n) is 10.3. The number of Topliss-reactive ketones (excluding diaryl/α,β-unsaturated/α-hetero) is 1. The largest absolute Gasteiger partial charge is 0.393 e. The van der Waals surface area contributed by atoms with Gasteiger partial charge >= 0.3 is 0 Å². The molecule has 4 aliphatic carbocycles. The molecule has 0 amide bonds. The summed E-state index contributed by atoms with van der Waals surface area (Å²) in [6.07, 6.45) is 8.82. The Morgan fingerprint density at radius 3 is 2.70 bits per heavy atom. The van der Waals surface area contributed by atoms with Gasteiger partial charge in [-0.15, -0.1) is 0 Å². The second-order valence-electron chi connectivity index (χ2n) is 10.1. The monoisotopic (exact) mass is 482 g/mol. The third-order valence-electron chi connectivity index (χ3n) is 9.37. The van der Waals surface area contributed by atoms with E-state index in [0.29, 0.717) is 34.4 Å². The van der Waals surface area contributed by atoms with Gasteiger partial charge in [-0.05, 0) is 61.0 Å². The van der Waals surface area contributed by atoms with E-state index in [1.165, 1.54) is 5.57 Å². The van der Waals surface area contributed by atoms with Crippen molar-refractivity contribution in [3.05, 3.63) is 23.8 Å². The highest BCUT2D eigenvalue weighted by molar-refractivity contribution is 14.1. The highest BCUT2D eigenvalue weighted by atomic mass is 127. The average Bonchev–Trinajstić information content (AvgIpc) is 2.82. The minimum atomic E-state index is -0.436. The Kier molecular flexibility index (Phi) is 4.59. The summed E-state index contributed by atoms with van der Waals surface area (Å²) in [5.41, 5.74) is 0.449. The molecular formula is C23H31IO3. The van der Waals surface area contributed by atoms with Gasteiger partial charge in [0.1, 0.15) is 5.78 Å². The van der Waals surface area contributed by atoms with Crippen molar-refractivity contribution in [3.8, 4) is 0 Å². The maximum absolute atomic E-state index is 13.1. The van der Waals surface area contributed by atoms with Gasteiger partial charge in [-0.3, -0.25) is 9.59 Å².